The smallest absolute Gasteiger partial charge is 0.272 e. The lowest BCUT2D eigenvalue weighted by Gasteiger charge is -2.15. The van der Waals surface area contributed by atoms with Crippen LogP contribution >= 0.6 is 0 Å². The summed E-state index contributed by atoms with van der Waals surface area (Å²) in [6.45, 7) is 2.10. The summed E-state index contributed by atoms with van der Waals surface area (Å²) in [5, 5.41) is 8.90. The number of carbonyl (C=O) groups excluding carboxylic acids is 1. The first-order valence-electron chi connectivity index (χ1n) is 6.29. The molecule has 18 heavy (non-hydrogen) atoms. The van der Waals surface area contributed by atoms with Crippen molar-refractivity contribution < 1.29 is 9.90 Å². The van der Waals surface area contributed by atoms with Gasteiger partial charge in [0.2, 0.25) is 0 Å². The molecule has 1 aliphatic heterocycles. The lowest BCUT2D eigenvalue weighted by Crippen LogP contribution is -2.29. The van der Waals surface area contributed by atoms with Crippen molar-refractivity contribution in [2.75, 3.05) is 19.7 Å². The molecule has 1 fully saturated rings. The minimum Gasteiger partial charge on any atom is -0.396 e. The Morgan fingerprint density at radius 2 is 2.39 bits per heavy atom. The number of pyridine rings is 1. The average molecular weight is 249 g/mol. The van der Waals surface area contributed by atoms with E-state index < -0.39 is 0 Å². The fraction of sp³-hybridized carbons (Fsp3) is 0.538. The molecule has 0 aliphatic carbocycles. The number of likely N-dealkylation sites (tertiary alicyclic amines) is 1. The highest BCUT2D eigenvalue weighted by atomic mass is 16.3. The number of nitrogens with two attached hydrogens (primary N) is 1. The number of nitrogens with zero attached hydrogens (tertiary/aromatic N) is 2. The molecule has 1 amide bonds. The van der Waals surface area contributed by atoms with Crippen molar-refractivity contribution in [1.82, 2.24) is 9.88 Å². The van der Waals surface area contributed by atoms with Gasteiger partial charge in [-0.15, -0.1) is 0 Å². The molecule has 5 nitrogen and oxygen atoms in total. The molecular weight excluding hydrogens is 230 g/mol. The number of rotatable bonds is 4. The lowest BCUT2D eigenvalue weighted by atomic mass is 10.1. The molecule has 0 saturated carbocycles. The van der Waals surface area contributed by atoms with Gasteiger partial charge in [-0.25, -0.2) is 0 Å². The van der Waals surface area contributed by atoms with Crippen molar-refractivity contribution >= 4 is 5.91 Å². The first-order chi connectivity index (χ1) is 8.74. The molecule has 1 aromatic heterocycles. The summed E-state index contributed by atoms with van der Waals surface area (Å²) in [5.41, 5.74) is 6.88. The number of aromatic nitrogens is 1. The van der Waals surface area contributed by atoms with Crippen LogP contribution in [0.15, 0.2) is 18.3 Å². The van der Waals surface area contributed by atoms with Crippen LogP contribution in [0, 0.1) is 5.92 Å². The van der Waals surface area contributed by atoms with Crippen molar-refractivity contribution in [1.29, 1.82) is 0 Å². The summed E-state index contributed by atoms with van der Waals surface area (Å²) >= 11 is 0. The fourth-order valence-electron chi connectivity index (χ4n) is 2.27. The topological polar surface area (TPSA) is 79.5 Å². The van der Waals surface area contributed by atoms with Crippen molar-refractivity contribution in [3.63, 3.8) is 0 Å². The van der Waals surface area contributed by atoms with Gasteiger partial charge in [0.15, 0.2) is 0 Å². The van der Waals surface area contributed by atoms with Gasteiger partial charge < -0.3 is 15.7 Å². The fourth-order valence-corrected chi connectivity index (χ4v) is 2.27. The van der Waals surface area contributed by atoms with Gasteiger partial charge >= 0.3 is 0 Å². The maximum atomic E-state index is 12.2. The van der Waals surface area contributed by atoms with Crippen LogP contribution in [0.25, 0.3) is 0 Å². The summed E-state index contributed by atoms with van der Waals surface area (Å²) in [6, 6.07) is 3.56. The third-order valence-corrected chi connectivity index (χ3v) is 3.39. The van der Waals surface area contributed by atoms with Crippen molar-refractivity contribution in [2.45, 2.75) is 19.4 Å². The normalized spacial score (nSPS) is 19.2. The molecule has 1 unspecified atom stereocenters. The third kappa shape index (κ3) is 2.86. The van der Waals surface area contributed by atoms with E-state index in [2.05, 4.69) is 4.98 Å². The molecule has 98 valence electrons. The molecule has 5 heteroatoms. The van der Waals surface area contributed by atoms with Gasteiger partial charge in [-0.1, -0.05) is 6.07 Å². The van der Waals surface area contributed by atoms with Crippen LogP contribution in [-0.2, 0) is 6.54 Å². The zero-order chi connectivity index (χ0) is 13.0. The number of hydrogen-bond donors (Lipinski definition) is 2. The third-order valence-electron chi connectivity index (χ3n) is 3.39. The van der Waals surface area contributed by atoms with E-state index in [4.69, 9.17) is 10.8 Å². The largest absolute Gasteiger partial charge is 0.396 e. The Morgan fingerprint density at radius 1 is 1.56 bits per heavy atom. The Balaban J connectivity index is 1.98. The van der Waals surface area contributed by atoms with Crippen LogP contribution in [-0.4, -0.2) is 40.6 Å². The van der Waals surface area contributed by atoms with E-state index in [0.717, 1.165) is 31.5 Å². The van der Waals surface area contributed by atoms with Crippen molar-refractivity contribution in [3.05, 3.63) is 29.6 Å². The minimum absolute atomic E-state index is 0.0287. The Hall–Kier alpha value is -1.46. The average Bonchev–Trinajstić information content (AvgIpc) is 2.87. The molecule has 1 aliphatic rings. The predicted octanol–water partition coefficient (Wildman–Crippen LogP) is 0.385. The zero-order valence-corrected chi connectivity index (χ0v) is 10.4. The molecule has 0 aromatic carbocycles. The monoisotopic (exact) mass is 249 g/mol. The first-order valence-corrected chi connectivity index (χ1v) is 6.29. The zero-order valence-electron chi connectivity index (χ0n) is 10.4. The first kappa shape index (κ1) is 13.0. The second-order valence-electron chi connectivity index (χ2n) is 4.67. The molecular formula is C13H19N3O2. The van der Waals surface area contributed by atoms with Crippen molar-refractivity contribution in [3.8, 4) is 0 Å². The molecule has 0 spiro atoms. The maximum absolute atomic E-state index is 12.2. The van der Waals surface area contributed by atoms with Gasteiger partial charge in [-0.3, -0.25) is 9.78 Å². The minimum atomic E-state index is -0.0287. The van der Waals surface area contributed by atoms with Crippen LogP contribution in [0.4, 0.5) is 0 Å². The van der Waals surface area contributed by atoms with Gasteiger partial charge in [-0.2, -0.15) is 0 Å². The molecule has 3 N–H and O–H groups in total. The van der Waals surface area contributed by atoms with E-state index in [9.17, 15) is 4.79 Å². The molecule has 0 radical (unpaired) electrons. The van der Waals surface area contributed by atoms with Crippen LogP contribution in [0.5, 0.6) is 0 Å². The van der Waals surface area contributed by atoms with Gasteiger partial charge in [0.25, 0.3) is 5.91 Å². The Morgan fingerprint density at radius 3 is 3.00 bits per heavy atom. The van der Waals surface area contributed by atoms with Gasteiger partial charge in [-0.05, 0) is 30.4 Å². The standard InChI is InChI=1S/C13H19N3O2/c14-7-11-1-2-12(15-8-11)13(18)16-5-3-10(9-16)4-6-17/h1-2,8,10,17H,3-7,9,14H2. The van der Waals surface area contributed by atoms with Crippen LogP contribution in [0.2, 0.25) is 0 Å². The van der Waals surface area contributed by atoms with Crippen molar-refractivity contribution in [2.24, 2.45) is 11.7 Å². The quantitative estimate of drug-likeness (QED) is 0.808. The molecule has 1 saturated heterocycles. The summed E-state index contributed by atoms with van der Waals surface area (Å²) in [5.74, 6) is 0.390. The Bertz CT molecular complexity index is 405. The van der Waals surface area contributed by atoms with E-state index in [1.54, 1.807) is 12.3 Å². The summed E-state index contributed by atoms with van der Waals surface area (Å²) in [4.78, 5) is 18.1. The van der Waals surface area contributed by atoms with E-state index in [0.29, 0.717) is 18.2 Å². The Labute approximate surface area is 107 Å². The van der Waals surface area contributed by atoms with E-state index in [1.165, 1.54) is 0 Å². The molecule has 1 aromatic rings. The van der Waals surface area contributed by atoms with Crippen LogP contribution < -0.4 is 5.73 Å². The molecule has 0 bridgehead atoms. The number of aliphatic hydroxyl groups excluding tert-OH is 1. The number of amides is 1. The maximum Gasteiger partial charge on any atom is 0.272 e. The van der Waals surface area contributed by atoms with Gasteiger partial charge in [0.05, 0.1) is 0 Å². The number of aliphatic hydroxyl groups is 1. The van der Waals surface area contributed by atoms with E-state index in [-0.39, 0.29) is 12.5 Å². The number of hydrogen-bond acceptors (Lipinski definition) is 4. The molecule has 2 rings (SSSR count). The lowest BCUT2D eigenvalue weighted by molar-refractivity contribution is 0.0779. The molecule has 1 atom stereocenters. The second-order valence-corrected chi connectivity index (χ2v) is 4.67. The SMILES string of the molecule is NCc1ccc(C(=O)N2CCC(CCO)C2)nc1. The van der Waals surface area contributed by atoms with E-state index in [1.807, 2.05) is 11.0 Å². The summed E-state index contributed by atoms with van der Waals surface area (Å²) < 4.78 is 0. The van der Waals surface area contributed by atoms with E-state index >= 15 is 0 Å². The summed E-state index contributed by atoms with van der Waals surface area (Å²) in [7, 11) is 0. The van der Waals surface area contributed by atoms with Crippen LogP contribution in [0.3, 0.4) is 0 Å². The highest BCUT2D eigenvalue weighted by Crippen LogP contribution is 2.20. The highest BCUT2D eigenvalue weighted by molar-refractivity contribution is 5.92. The number of carbonyl (C=O) groups is 1. The highest BCUT2D eigenvalue weighted by Gasteiger charge is 2.26. The second kappa shape index (κ2) is 5.93. The van der Waals surface area contributed by atoms with Crippen LogP contribution in [0.1, 0.15) is 28.9 Å². The predicted molar refractivity (Wildman–Crippen MR) is 67.8 cm³/mol. The Kier molecular flexibility index (Phi) is 4.28. The summed E-state index contributed by atoms with van der Waals surface area (Å²) in [6.07, 6.45) is 3.38. The van der Waals surface area contributed by atoms with Gasteiger partial charge in [0, 0.05) is 32.4 Å². The molecule has 2 heterocycles. The van der Waals surface area contributed by atoms with Gasteiger partial charge in [0.1, 0.15) is 5.69 Å².